The highest BCUT2D eigenvalue weighted by Gasteiger charge is 2.22. The first kappa shape index (κ1) is 71.9. The summed E-state index contributed by atoms with van der Waals surface area (Å²) in [5, 5.41) is 26.6. The van der Waals surface area contributed by atoms with Gasteiger partial charge >= 0.3 is 0 Å². The molecule has 0 aromatic rings. The van der Waals surface area contributed by atoms with Crippen LogP contribution in [-0.4, -0.2) is 111 Å². The molecule has 17 N–H and O–H groups in total. The van der Waals surface area contributed by atoms with Gasteiger partial charge in [-0.05, 0) is 62.2 Å². The van der Waals surface area contributed by atoms with Crippen molar-refractivity contribution in [1.29, 1.82) is 0 Å². The Morgan fingerprint density at radius 2 is 0.857 bits per heavy atom. The van der Waals surface area contributed by atoms with E-state index in [1.54, 1.807) is 6.92 Å². The Kier molecular flexibility index (Phi) is 49.4. The predicted octanol–water partition coefficient (Wildman–Crippen LogP) is 2.36. The summed E-state index contributed by atoms with van der Waals surface area (Å²) < 4.78 is 0. The van der Waals surface area contributed by atoms with E-state index >= 15 is 0 Å². The molecule has 0 fully saturated rings. The van der Waals surface area contributed by atoms with Crippen molar-refractivity contribution in [2.24, 2.45) is 81.6 Å². The van der Waals surface area contributed by atoms with Gasteiger partial charge < -0.3 is 55.5 Å². The minimum Gasteiger partial charge on any atom is -0.394 e. The third kappa shape index (κ3) is 53.6. The van der Waals surface area contributed by atoms with Crippen LogP contribution in [-0.2, 0) is 33.6 Å². The quantitative estimate of drug-likeness (QED) is 0.0586. The van der Waals surface area contributed by atoms with E-state index in [2.05, 4.69) is 12.6 Å². The number of Topliss-reactive ketones (excluding diaryl/α,β-unsaturated/α-hetero) is 5. The van der Waals surface area contributed by atoms with Crippen LogP contribution in [0.2, 0.25) is 0 Å². The maximum Gasteiger partial charge on any atom is 0.223 e. The van der Waals surface area contributed by atoms with E-state index in [0.29, 0.717) is 86.2 Å². The highest BCUT2D eigenvalue weighted by molar-refractivity contribution is 7.80. The molecule has 0 unspecified atom stereocenters. The Labute approximate surface area is 386 Å². The maximum atomic E-state index is 11.3. The third-order valence-corrected chi connectivity index (χ3v) is 8.60. The monoisotopic (exact) mass is 926 g/mol. The topological polar surface area (TPSA) is 362 Å². The number of ketones is 5. The molecule has 0 saturated carbocycles. The van der Waals surface area contributed by atoms with Crippen LogP contribution in [0.25, 0.3) is 0 Å². The molecule has 0 aliphatic carbocycles. The van der Waals surface area contributed by atoms with Gasteiger partial charge in [0.25, 0.3) is 0 Å². The van der Waals surface area contributed by atoms with Crippen LogP contribution in [0, 0.1) is 41.4 Å². The lowest BCUT2D eigenvalue weighted by atomic mass is 9.92. The molecule has 0 spiro atoms. The van der Waals surface area contributed by atoms with Gasteiger partial charge in [0.2, 0.25) is 11.8 Å². The van der Waals surface area contributed by atoms with Gasteiger partial charge in [-0.25, -0.2) is 0 Å². The molecule has 63 heavy (non-hydrogen) atoms. The molecule has 0 heterocycles. The molecule has 2 amide bonds. The van der Waals surface area contributed by atoms with Crippen LogP contribution in [0.5, 0.6) is 0 Å². The van der Waals surface area contributed by atoms with Gasteiger partial charge in [0.05, 0.1) is 55.4 Å². The average molecular weight is 926 g/mol. The number of amides is 2. The van der Waals surface area contributed by atoms with Crippen LogP contribution in [0.4, 0.5) is 0 Å². The zero-order chi connectivity index (χ0) is 51.3. The van der Waals surface area contributed by atoms with Gasteiger partial charge in [-0.15, -0.1) is 0 Å². The Hall–Kier alpha value is -2.68. The van der Waals surface area contributed by atoms with Crippen LogP contribution in [0.15, 0.2) is 0 Å². The highest BCUT2D eigenvalue weighted by atomic mass is 32.1. The summed E-state index contributed by atoms with van der Waals surface area (Å²) in [6, 6.07) is -2.29. The van der Waals surface area contributed by atoms with E-state index < -0.39 is 48.1 Å². The summed E-state index contributed by atoms with van der Waals surface area (Å²) in [6.07, 6.45) is 2.42. The fraction of sp³-hybridized carbons (Fsp3) is 0.844. The molecule has 18 heteroatoms. The number of rotatable bonds is 25. The molecule has 0 rings (SSSR count). The lowest BCUT2D eigenvalue weighted by molar-refractivity contribution is -0.126. The fourth-order valence-electron chi connectivity index (χ4n) is 4.73. The number of hydrogen-bond donors (Lipinski definition) is 11. The summed E-state index contributed by atoms with van der Waals surface area (Å²) in [7, 11) is 0. The molecule has 0 saturated heterocycles. The number of aliphatic hydroxyl groups is 3. The zero-order valence-electron chi connectivity index (χ0n) is 41.5. The highest BCUT2D eigenvalue weighted by Crippen LogP contribution is 2.15. The normalized spacial score (nSPS) is 14.0. The SMILES string of the molecule is CC(C)CC(=O)CN.CC(C)CC(=O)[C@@H](N)CCC(N)=O.CC(C)CC(=O)[C@@H](N)CO.CC(C)CC(=O)[C@@H](N)CS.CC(C)CC(=O)[C@@H](N)[C@@H](C)O.CC(C)C[C@H](C(N)=O)[C@@H](C)O. The van der Waals surface area contributed by atoms with Crippen LogP contribution < -0.4 is 40.1 Å². The van der Waals surface area contributed by atoms with Crippen molar-refractivity contribution in [3.05, 3.63) is 0 Å². The number of carbonyl (C=O) groups excluding carboxylic acids is 7. The molecular weight excluding hydrogens is 831 g/mol. The van der Waals surface area contributed by atoms with Gasteiger partial charge in [-0.3, -0.25) is 33.6 Å². The van der Waals surface area contributed by atoms with E-state index in [4.69, 9.17) is 55.5 Å². The average Bonchev–Trinajstić information content (AvgIpc) is 3.14. The van der Waals surface area contributed by atoms with Crippen molar-refractivity contribution >= 4 is 53.4 Å². The number of nitrogens with two attached hydrogens (primary N) is 7. The maximum absolute atomic E-state index is 11.3. The van der Waals surface area contributed by atoms with Gasteiger partial charge in [-0.2, -0.15) is 12.6 Å². The molecule has 0 aromatic carbocycles. The standard InChI is InChI=1S/C9H18N2O2.2C8H17NO2.C7H15NO2.C7H15NOS.C6H13NO/c1-6(2)5-8(12)7(10)3-4-9(11)13;1-5(2)4-7(11)8(9)6(3)10;1-5(2)4-7(6(3)10)8(9)11;1-5(2)3-7(10)6(8)4-9;1-5(2)3-7(9)6(8)4-10;1-5(2)3-6(8)4-7/h6-7H,3-5,10H2,1-2H3,(H2,11,13);5-6,8,10H,4,9H2,1-3H3;5-7,10H,4H2,1-3H3,(H2,9,11);5-6,9H,3-4,8H2,1-2H3;5-6,10H,3-4,8H2,1-2H3;5H,3-4,7H2,1-2H3/t7-;6-,8+;6-,7+;2*6-;/m01100./s1. The van der Waals surface area contributed by atoms with E-state index in [-0.39, 0.29) is 54.5 Å². The van der Waals surface area contributed by atoms with E-state index in [9.17, 15) is 33.6 Å². The van der Waals surface area contributed by atoms with E-state index in [1.165, 1.54) is 6.92 Å². The number of aliphatic hydroxyl groups excluding tert-OH is 3. The van der Waals surface area contributed by atoms with Crippen LogP contribution >= 0.6 is 12.6 Å². The van der Waals surface area contributed by atoms with Crippen molar-refractivity contribution < 1.29 is 48.9 Å². The van der Waals surface area contributed by atoms with Crippen LogP contribution in [0.1, 0.15) is 148 Å². The van der Waals surface area contributed by atoms with Crippen molar-refractivity contribution in [2.45, 2.75) is 185 Å². The van der Waals surface area contributed by atoms with Gasteiger partial charge in [0.1, 0.15) is 11.6 Å². The van der Waals surface area contributed by atoms with Crippen molar-refractivity contribution in [2.75, 3.05) is 18.9 Å². The second-order valence-electron chi connectivity index (χ2n) is 18.4. The van der Waals surface area contributed by atoms with Crippen LogP contribution in [0.3, 0.4) is 0 Å². The van der Waals surface area contributed by atoms with Gasteiger partial charge in [0, 0.05) is 44.3 Å². The molecule has 0 aliphatic heterocycles. The predicted molar refractivity (Wildman–Crippen MR) is 258 cm³/mol. The number of hydrogen-bond acceptors (Lipinski definition) is 16. The van der Waals surface area contributed by atoms with E-state index in [1.807, 2.05) is 83.1 Å². The first-order chi connectivity index (χ1) is 28.6. The lowest BCUT2D eigenvalue weighted by Crippen LogP contribution is -2.40. The van der Waals surface area contributed by atoms with Gasteiger partial charge in [0.15, 0.2) is 17.3 Å². The lowest BCUT2D eigenvalue weighted by Gasteiger charge is -2.17. The summed E-state index contributed by atoms with van der Waals surface area (Å²) in [6.45, 7) is 26.8. The minimum atomic E-state index is -0.735. The molecule has 17 nitrogen and oxygen atoms in total. The van der Waals surface area contributed by atoms with E-state index in [0.717, 1.165) is 0 Å². The second kappa shape index (κ2) is 43.2. The smallest absolute Gasteiger partial charge is 0.223 e. The first-order valence-corrected chi connectivity index (χ1v) is 22.8. The third-order valence-electron chi connectivity index (χ3n) is 8.20. The Balaban J connectivity index is -0.000000156. The number of primary amides is 2. The van der Waals surface area contributed by atoms with Gasteiger partial charge in [-0.1, -0.05) is 83.1 Å². The van der Waals surface area contributed by atoms with Crippen molar-refractivity contribution in [1.82, 2.24) is 0 Å². The summed E-state index contributed by atoms with van der Waals surface area (Å²) >= 11 is 3.93. The van der Waals surface area contributed by atoms with Crippen molar-refractivity contribution in [3.63, 3.8) is 0 Å². The summed E-state index contributed by atoms with van der Waals surface area (Å²) in [5.41, 5.74) is 36.8. The molecule has 0 aliphatic rings. The van der Waals surface area contributed by atoms with Crippen molar-refractivity contribution in [3.8, 4) is 0 Å². The summed E-state index contributed by atoms with van der Waals surface area (Å²) in [5.74, 6) is 1.59. The molecular formula is C45H95N7O10S. The zero-order valence-corrected chi connectivity index (χ0v) is 42.4. The Morgan fingerprint density at radius 3 is 1.08 bits per heavy atom. The first-order valence-electron chi connectivity index (χ1n) is 22.1. The molecule has 0 bridgehead atoms. The molecule has 0 aromatic heterocycles. The fourth-order valence-corrected chi connectivity index (χ4v) is 4.93. The minimum absolute atomic E-state index is 0.0104. The molecule has 0 radical (unpaired) electrons. The largest absolute Gasteiger partial charge is 0.394 e. The number of carbonyl (C=O) groups is 7. The number of thiol groups is 1. The Bertz CT molecular complexity index is 1200. The Morgan fingerprint density at radius 1 is 0.508 bits per heavy atom. The molecule has 7 atom stereocenters. The molecule has 376 valence electrons. The summed E-state index contributed by atoms with van der Waals surface area (Å²) in [4.78, 5) is 75.9. The second-order valence-corrected chi connectivity index (χ2v) is 18.8.